The van der Waals surface area contributed by atoms with Crippen LogP contribution >= 0.6 is 15.9 Å². The van der Waals surface area contributed by atoms with Crippen molar-refractivity contribution in [1.29, 1.82) is 0 Å². The summed E-state index contributed by atoms with van der Waals surface area (Å²) < 4.78 is 6.07. The second kappa shape index (κ2) is 4.43. The number of ether oxygens (including phenoxy) is 1. The van der Waals surface area contributed by atoms with Crippen LogP contribution in [0.5, 0.6) is 5.75 Å². The first-order valence-corrected chi connectivity index (χ1v) is 5.73. The maximum Gasteiger partial charge on any atom is 0.229 e. The molecule has 1 heterocycles. The highest BCUT2D eigenvalue weighted by molar-refractivity contribution is 9.10. The van der Waals surface area contributed by atoms with E-state index in [1.807, 2.05) is 12.1 Å². The minimum Gasteiger partial charge on any atom is -0.495 e. The van der Waals surface area contributed by atoms with Crippen LogP contribution in [0.25, 0.3) is 0 Å². The number of benzene rings is 1. The highest BCUT2D eigenvalue weighted by Gasteiger charge is 2.30. The molecule has 1 atom stereocenters. The molecule has 86 valence electrons. The van der Waals surface area contributed by atoms with Gasteiger partial charge in [0.15, 0.2) is 0 Å². The Balaban J connectivity index is 2.39. The lowest BCUT2D eigenvalue weighted by atomic mass is 10.2. The Morgan fingerprint density at radius 1 is 1.56 bits per heavy atom. The fourth-order valence-corrected chi connectivity index (χ4v) is 2.14. The number of anilines is 1. The molecular weight excluding hydrogens is 274 g/mol. The molecule has 0 bridgehead atoms. The lowest BCUT2D eigenvalue weighted by molar-refractivity contribution is -0.117. The third-order valence-corrected chi connectivity index (χ3v) is 3.03. The molecule has 1 saturated heterocycles. The third kappa shape index (κ3) is 2.05. The van der Waals surface area contributed by atoms with E-state index in [1.54, 1.807) is 18.1 Å². The number of aliphatic hydroxyl groups excluding tert-OH is 1. The van der Waals surface area contributed by atoms with Gasteiger partial charge in [0.05, 0.1) is 31.9 Å². The van der Waals surface area contributed by atoms with Gasteiger partial charge in [-0.05, 0) is 18.2 Å². The molecule has 4 nitrogen and oxygen atoms in total. The molecule has 1 fully saturated rings. The topological polar surface area (TPSA) is 49.8 Å². The Morgan fingerprint density at radius 2 is 2.31 bits per heavy atom. The molecule has 16 heavy (non-hydrogen) atoms. The van der Waals surface area contributed by atoms with Gasteiger partial charge in [0.25, 0.3) is 0 Å². The molecular formula is C11H12BrNO3. The van der Waals surface area contributed by atoms with Gasteiger partial charge in [-0.1, -0.05) is 15.9 Å². The fourth-order valence-electron chi connectivity index (χ4n) is 1.80. The second-order valence-electron chi connectivity index (χ2n) is 3.68. The summed E-state index contributed by atoms with van der Waals surface area (Å²) in [5.74, 6) is 0.551. The average molecular weight is 286 g/mol. The normalized spacial score (nSPS) is 20.3. The van der Waals surface area contributed by atoms with Crippen LogP contribution in [0.1, 0.15) is 6.42 Å². The highest BCUT2D eigenvalue weighted by Crippen LogP contribution is 2.33. The molecule has 1 aromatic carbocycles. The van der Waals surface area contributed by atoms with E-state index in [0.717, 1.165) is 4.47 Å². The van der Waals surface area contributed by atoms with Gasteiger partial charge < -0.3 is 14.7 Å². The summed E-state index contributed by atoms with van der Waals surface area (Å²) in [4.78, 5) is 13.2. The average Bonchev–Trinajstić information content (AvgIpc) is 2.57. The molecule has 1 unspecified atom stereocenters. The van der Waals surface area contributed by atoms with Gasteiger partial charge in [-0.25, -0.2) is 0 Å². The summed E-state index contributed by atoms with van der Waals surface area (Å²) in [6, 6.07) is 5.45. The SMILES string of the molecule is COc1ccc(Br)cc1N1CC(O)CC1=O. The first-order valence-electron chi connectivity index (χ1n) is 4.94. The van der Waals surface area contributed by atoms with E-state index >= 15 is 0 Å². The van der Waals surface area contributed by atoms with Gasteiger partial charge in [0.2, 0.25) is 5.91 Å². The van der Waals surface area contributed by atoms with Crippen LogP contribution in [0, 0.1) is 0 Å². The van der Waals surface area contributed by atoms with Crippen molar-refractivity contribution in [2.24, 2.45) is 0 Å². The van der Waals surface area contributed by atoms with Gasteiger partial charge >= 0.3 is 0 Å². The zero-order valence-electron chi connectivity index (χ0n) is 8.81. The van der Waals surface area contributed by atoms with E-state index in [2.05, 4.69) is 15.9 Å². The van der Waals surface area contributed by atoms with E-state index in [9.17, 15) is 9.90 Å². The standard InChI is InChI=1S/C11H12BrNO3/c1-16-10-3-2-7(12)4-9(10)13-6-8(14)5-11(13)15/h2-4,8,14H,5-6H2,1H3. The van der Waals surface area contributed by atoms with E-state index in [0.29, 0.717) is 18.0 Å². The van der Waals surface area contributed by atoms with Crippen LogP contribution in [-0.2, 0) is 4.79 Å². The molecule has 1 N–H and O–H groups in total. The summed E-state index contributed by atoms with van der Waals surface area (Å²) in [5, 5.41) is 9.45. The van der Waals surface area contributed by atoms with Crippen molar-refractivity contribution in [3.63, 3.8) is 0 Å². The van der Waals surface area contributed by atoms with Gasteiger partial charge in [-0.3, -0.25) is 4.79 Å². The number of β-amino-alcohol motifs (C(OH)–C–C–N with tert-alkyl or cyclic N) is 1. The smallest absolute Gasteiger partial charge is 0.229 e. The van der Waals surface area contributed by atoms with Crippen molar-refractivity contribution in [1.82, 2.24) is 0 Å². The summed E-state index contributed by atoms with van der Waals surface area (Å²) in [6.07, 6.45) is -0.411. The zero-order chi connectivity index (χ0) is 11.7. The summed E-state index contributed by atoms with van der Waals surface area (Å²) in [5.41, 5.74) is 0.693. The predicted octanol–water partition coefficient (Wildman–Crippen LogP) is 1.56. The van der Waals surface area contributed by atoms with Gasteiger partial charge in [0, 0.05) is 4.47 Å². The van der Waals surface area contributed by atoms with E-state index in [4.69, 9.17) is 4.74 Å². The lowest BCUT2D eigenvalue weighted by Gasteiger charge is -2.19. The van der Waals surface area contributed by atoms with Crippen molar-refractivity contribution >= 4 is 27.5 Å². The summed E-state index contributed by atoms with van der Waals surface area (Å²) in [6.45, 7) is 0.325. The fraction of sp³-hybridized carbons (Fsp3) is 0.364. The van der Waals surface area contributed by atoms with Gasteiger partial charge in [0.1, 0.15) is 5.75 Å². The number of hydrogen-bond donors (Lipinski definition) is 1. The van der Waals surface area contributed by atoms with Crippen LogP contribution < -0.4 is 9.64 Å². The van der Waals surface area contributed by atoms with Crippen LogP contribution in [0.15, 0.2) is 22.7 Å². The van der Waals surface area contributed by atoms with E-state index in [-0.39, 0.29) is 12.3 Å². The molecule has 0 spiro atoms. The summed E-state index contributed by atoms with van der Waals surface area (Å²) in [7, 11) is 1.56. The predicted molar refractivity (Wildman–Crippen MR) is 63.7 cm³/mol. The molecule has 0 saturated carbocycles. The number of hydrogen-bond acceptors (Lipinski definition) is 3. The molecule has 1 amide bonds. The number of amides is 1. The van der Waals surface area contributed by atoms with E-state index in [1.165, 1.54) is 0 Å². The van der Waals surface area contributed by atoms with Crippen LogP contribution in [0.3, 0.4) is 0 Å². The number of halogens is 1. The third-order valence-electron chi connectivity index (χ3n) is 2.54. The van der Waals surface area contributed by atoms with Gasteiger partial charge in [-0.2, -0.15) is 0 Å². The minimum atomic E-state index is -0.587. The Kier molecular flexibility index (Phi) is 3.16. The quantitative estimate of drug-likeness (QED) is 0.897. The maximum atomic E-state index is 11.7. The Labute approximate surface area is 102 Å². The Bertz CT molecular complexity index is 422. The minimum absolute atomic E-state index is 0.0797. The molecule has 1 aliphatic heterocycles. The van der Waals surface area contributed by atoms with Crippen molar-refractivity contribution < 1.29 is 14.6 Å². The number of methoxy groups -OCH3 is 1. The molecule has 1 aromatic rings. The summed E-state index contributed by atoms with van der Waals surface area (Å²) >= 11 is 3.35. The van der Waals surface area contributed by atoms with Crippen molar-refractivity contribution in [3.05, 3.63) is 22.7 Å². The first-order chi connectivity index (χ1) is 7.61. The lowest BCUT2D eigenvalue weighted by Crippen LogP contribution is -2.25. The number of carbonyl (C=O) groups excluding carboxylic acids is 1. The van der Waals surface area contributed by atoms with Crippen molar-refractivity contribution in [2.75, 3.05) is 18.6 Å². The van der Waals surface area contributed by atoms with E-state index < -0.39 is 6.10 Å². The molecule has 0 aromatic heterocycles. The second-order valence-corrected chi connectivity index (χ2v) is 4.59. The molecule has 0 aliphatic carbocycles. The molecule has 2 rings (SSSR count). The Morgan fingerprint density at radius 3 is 2.88 bits per heavy atom. The van der Waals surface area contributed by atoms with Crippen molar-refractivity contribution in [3.8, 4) is 5.75 Å². The maximum absolute atomic E-state index is 11.7. The van der Waals surface area contributed by atoms with Crippen LogP contribution in [-0.4, -0.2) is 30.8 Å². The molecule has 5 heteroatoms. The van der Waals surface area contributed by atoms with Crippen LogP contribution in [0.4, 0.5) is 5.69 Å². The van der Waals surface area contributed by atoms with Gasteiger partial charge in [-0.15, -0.1) is 0 Å². The number of carbonyl (C=O) groups is 1. The largest absolute Gasteiger partial charge is 0.495 e. The number of nitrogens with zero attached hydrogens (tertiary/aromatic N) is 1. The van der Waals surface area contributed by atoms with Crippen LogP contribution in [0.2, 0.25) is 0 Å². The Hall–Kier alpha value is -1.07. The number of rotatable bonds is 2. The van der Waals surface area contributed by atoms with Crippen molar-refractivity contribution in [2.45, 2.75) is 12.5 Å². The zero-order valence-corrected chi connectivity index (χ0v) is 10.4. The molecule has 0 radical (unpaired) electrons. The molecule has 1 aliphatic rings. The monoisotopic (exact) mass is 285 g/mol. The number of aliphatic hydroxyl groups is 1. The highest BCUT2D eigenvalue weighted by atomic mass is 79.9. The first kappa shape index (κ1) is 11.4.